The molecule has 8 aromatic rings. The molecule has 0 radical (unpaired) electrons. The normalized spacial score (nSPS) is 16.4. The Morgan fingerprint density at radius 1 is 0.514 bits per heavy atom. The lowest BCUT2D eigenvalue weighted by Crippen LogP contribution is -2.33. The summed E-state index contributed by atoms with van der Waals surface area (Å²) in [5.74, 6) is -9.50. The highest BCUT2D eigenvalue weighted by atomic mass is 79.9. The fourth-order valence-electron chi connectivity index (χ4n) is 10.7. The highest BCUT2D eigenvalue weighted by Crippen LogP contribution is 2.42. The van der Waals surface area contributed by atoms with Gasteiger partial charge in [0.15, 0.2) is 77.5 Å². The van der Waals surface area contributed by atoms with Crippen molar-refractivity contribution in [1.82, 2.24) is 65.1 Å². The largest absolute Gasteiger partial charge is 0.500 e. The number of anilines is 4. The highest BCUT2D eigenvalue weighted by molar-refractivity contribution is 8.93. The van der Waals surface area contributed by atoms with Gasteiger partial charge in [-0.25, -0.2) is 80.0 Å². The van der Waals surface area contributed by atoms with E-state index in [4.69, 9.17) is 52.1 Å². The Labute approximate surface area is 656 Å². The summed E-state index contributed by atoms with van der Waals surface area (Å²) in [6, 6.07) is -0.737. The molecular weight excluding hydrogens is 1640 g/mol. The van der Waals surface area contributed by atoms with Gasteiger partial charge >= 0.3 is 11.3 Å². The molecule has 9 N–H and O–H groups in total. The van der Waals surface area contributed by atoms with Crippen molar-refractivity contribution < 1.29 is 78.7 Å². The first-order valence-electron chi connectivity index (χ1n) is 33.5. The van der Waals surface area contributed by atoms with Gasteiger partial charge in [-0.2, -0.15) is 4.98 Å². The fraction of sp³-hybridized carbons (Fsp3) is 0.530. The van der Waals surface area contributed by atoms with Gasteiger partial charge < -0.3 is 65.7 Å². The predicted octanol–water partition coefficient (Wildman–Crippen LogP) is 16.1. The second kappa shape index (κ2) is 40.6. The third-order valence-electron chi connectivity index (χ3n) is 16.2. The van der Waals surface area contributed by atoms with E-state index in [1.807, 2.05) is 49.2 Å². The number of carbonyl (C=O) groups excluding carboxylic acids is 2. The molecule has 4 aliphatic rings. The number of carboxylic acid groups (broad SMARTS) is 1. The zero-order valence-electron chi connectivity index (χ0n) is 60.5. The molecule has 1 amide bonds. The Morgan fingerprint density at radius 2 is 0.826 bits per heavy atom. The molecule has 4 aliphatic carbocycles. The average molecular weight is 1720 g/mol. The van der Waals surface area contributed by atoms with Gasteiger partial charge in [0.05, 0.1) is 21.3 Å². The maximum Gasteiger partial charge on any atom is 0.313 e. The zero-order valence-corrected chi connectivity index (χ0v) is 67.0. The van der Waals surface area contributed by atoms with Crippen molar-refractivity contribution in [3.63, 3.8) is 0 Å². The molecule has 4 fully saturated rings. The molecule has 8 aromatic heterocycles. The molecule has 0 bridgehead atoms. The van der Waals surface area contributed by atoms with E-state index in [1.54, 1.807) is 6.92 Å². The van der Waals surface area contributed by atoms with Crippen molar-refractivity contribution in [2.45, 2.75) is 199 Å². The number of aromatic nitrogens is 12. The van der Waals surface area contributed by atoms with Gasteiger partial charge in [-0.05, 0) is 90.7 Å². The number of ether oxygens (including phenoxy) is 4. The van der Waals surface area contributed by atoms with Crippen molar-refractivity contribution >= 4 is 126 Å². The standard InChI is InChI=1S/C17H20F2N4O3S.C16H20F2N4O2S.C15H17ClF2N4OS.C14H16F2N4O2S.C2H4ClNO.C2H4O2.BrH/c1-3-11(24)26-12-13(21-10-4-6-17(18,19)7-5-10)22-14(23-15(12)25)16-20-9(2)8-27-16;1-9-8-25-15(19-9)13-21-12(11(23-2)14(22-13)24-3)20-10-4-6-16(17,18)7-5-10;1-8-7-24-14(19-8)13-21-11(16)10(23-2)12(22-13)20-9-3-5-15(17,18)6-4-9;1-7-6-23-13(17-7)11-19-10(9(21)12(22)20-11)18-8-2-4-14(15,16)5-3-8;1-4-2(3)5;1-2(3)4;/h8,10H,3-7H2,1-2H3,(H2,21,22,23,25);8,10H,4-7H2,1-3H3,(H,20,21,22);7,9H,3-6H2,1-2H3,(H,20,21,22);6,8,21H,2-5H2,1H3,(H2,18,19,20,22);1H3,(H,4,5);1H3,(H,3,4);1H. The lowest BCUT2D eigenvalue weighted by atomic mass is 9.92. The minimum absolute atomic E-state index is 0. The smallest absolute Gasteiger partial charge is 0.313 e. The van der Waals surface area contributed by atoms with Crippen molar-refractivity contribution in [2.75, 3.05) is 49.6 Å². The van der Waals surface area contributed by atoms with Crippen LogP contribution in [-0.2, 0) is 9.59 Å². The minimum atomic E-state index is -2.67. The number of aromatic amines is 2. The molecule has 0 spiro atoms. The summed E-state index contributed by atoms with van der Waals surface area (Å²) in [7, 11) is 5.93. The van der Waals surface area contributed by atoms with Crippen LogP contribution in [0.2, 0.25) is 5.15 Å². The van der Waals surface area contributed by atoms with Crippen molar-refractivity contribution in [3.05, 3.63) is 70.2 Å². The summed E-state index contributed by atoms with van der Waals surface area (Å²) < 4.78 is 128. The van der Waals surface area contributed by atoms with Crippen LogP contribution in [0.15, 0.2) is 31.1 Å². The molecule has 28 nitrogen and oxygen atoms in total. The van der Waals surface area contributed by atoms with Crippen LogP contribution in [0.3, 0.4) is 0 Å². The number of amides is 1. The summed E-state index contributed by atoms with van der Waals surface area (Å²) >= 11 is 16.4. The quantitative estimate of drug-likeness (QED) is 0.0134. The van der Waals surface area contributed by atoms with E-state index in [9.17, 15) is 59.4 Å². The summed E-state index contributed by atoms with van der Waals surface area (Å²) in [6.45, 7) is 10.1. The number of aromatic hydroxyl groups is 1. The van der Waals surface area contributed by atoms with E-state index >= 15 is 0 Å². The lowest BCUT2D eigenvalue weighted by Gasteiger charge is -2.29. The fourth-order valence-corrected chi connectivity index (χ4v) is 13.9. The number of hydrogen-bond donors (Lipinski definition) is 9. The Morgan fingerprint density at radius 3 is 1.15 bits per heavy atom. The van der Waals surface area contributed by atoms with Crippen LogP contribution < -0.4 is 56.6 Å². The van der Waals surface area contributed by atoms with Crippen LogP contribution in [0.25, 0.3) is 43.3 Å². The molecule has 0 aliphatic heterocycles. The monoisotopic (exact) mass is 1720 g/mol. The number of H-pyrrole nitrogens is 2. The molecule has 0 saturated heterocycles. The average Bonchev–Trinajstić information content (AvgIpc) is 1.78. The predicted molar refractivity (Wildman–Crippen MR) is 407 cm³/mol. The number of aryl methyl sites for hydroxylation is 4. The molecule has 8 heterocycles. The topological polar surface area (TPSA) is 383 Å². The number of carbonyl (C=O) groups is 3. The van der Waals surface area contributed by atoms with Gasteiger partial charge in [0.1, 0.15) is 0 Å². The second-order valence-corrected chi connectivity index (χ2v) is 29.1. The Hall–Kier alpha value is -8.25. The second-order valence-electron chi connectivity index (χ2n) is 25.0. The number of halogens is 11. The third-order valence-corrected chi connectivity index (χ3v) is 20.5. The molecule has 0 aromatic carbocycles. The van der Waals surface area contributed by atoms with Crippen molar-refractivity contribution in [1.29, 1.82) is 0 Å². The number of alkyl halides is 8. The minimum Gasteiger partial charge on any atom is -0.500 e. The van der Waals surface area contributed by atoms with E-state index in [1.165, 1.54) is 73.7 Å². The van der Waals surface area contributed by atoms with Crippen LogP contribution in [0.4, 0.5) is 63.2 Å². The van der Waals surface area contributed by atoms with Gasteiger partial charge in [-0.1, -0.05) is 18.5 Å². The van der Waals surface area contributed by atoms with E-state index < -0.39 is 57.9 Å². The lowest BCUT2D eigenvalue weighted by molar-refractivity contribution is -0.135. The van der Waals surface area contributed by atoms with E-state index in [2.05, 4.69) is 86.4 Å². The van der Waals surface area contributed by atoms with Crippen molar-refractivity contribution in [2.24, 2.45) is 0 Å². The van der Waals surface area contributed by atoms with Crippen LogP contribution in [-0.4, -0.2) is 164 Å². The number of esters is 1. The Balaban J connectivity index is 0.000000218. The number of rotatable bonds is 17. The summed E-state index contributed by atoms with van der Waals surface area (Å²) in [6.07, 6.45) is 1.09. The van der Waals surface area contributed by atoms with Crippen LogP contribution in [0.5, 0.6) is 28.9 Å². The number of hydrogen-bond acceptors (Lipinski definition) is 28. The number of aliphatic carboxylic acids is 1. The Bertz CT molecular complexity index is 4440. The Kier molecular flexibility index (Phi) is 33.4. The third kappa shape index (κ3) is 27.6. The molecule has 12 rings (SSSR count). The molecule has 43 heteroatoms. The van der Waals surface area contributed by atoms with E-state index in [-0.39, 0.29) is 165 Å². The van der Waals surface area contributed by atoms with E-state index in [0.717, 1.165) is 29.7 Å². The number of methoxy groups -OCH3 is 3. The first kappa shape index (κ1) is 89.6. The molecule has 109 heavy (non-hydrogen) atoms. The number of carboxylic acids is 1. The van der Waals surface area contributed by atoms with Crippen molar-refractivity contribution in [3.8, 4) is 72.2 Å². The van der Waals surface area contributed by atoms with Crippen LogP contribution in [0, 0.1) is 27.7 Å². The maximum atomic E-state index is 13.4. The van der Waals surface area contributed by atoms with Crippen LogP contribution in [0.1, 0.15) is 146 Å². The van der Waals surface area contributed by atoms with Gasteiger partial charge in [-0.15, -0.1) is 62.3 Å². The highest BCUT2D eigenvalue weighted by Gasteiger charge is 2.39. The number of thiazole rings is 4. The van der Waals surface area contributed by atoms with E-state index in [0.29, 0.717) is 80.5 Å². The van der Waals surface area contributed by atoms with Crippen LogP contribution >= 0.6 is 85.5 Å². The summed E-state index contributed by atoms with van der Waals surface area (Å²) in [5, 5.41) is 41.2. The van der Waals surface area contributed by atoms with Gasteiger partial charge in [-0.3, -0.25) is 24.0 Å². The molecule has 598 valence electrons. The summed E-state index contributed by atoms with van der Waals surface area (Å²) in [4.78, 5) is 103. The molecule has 0 atom stereocenters. The number of nitrogens with zero attached hydrogens (tertiary/aromatic N) is 10. The molecule has 0 unspecified atom stereocenters. The first-order chi connectivity index (χ1) is 50.9. The van der Waals surface area contributed by atoms with Gasteiger partial charge in [0.2, 0.25) is 40.9 Å². The van der Waals surface area contributed by atoms with Gasteiger partial charge in [0.25, 0.3) is 23.0 Å². The summed E-state index contributed by atoms with van der Waals surface area (Å²) in [5.41, 5.74) is 2.01. The maximum absolute atomic E-state index is 13.4. The SMILES string of the molecule is Br.CC(=O)O.CCC(=O)Oc1c(NC2CCC(F)(F)CC2)nc(-c2nc(C)cs2)[nH]c1=O.CNC(=O)Cl.COc1c(Cl)nc(-c2nc(C)cs2)nc1NC1CCC(F)(F)CC1.COc1nc(-c2nc(C)cs2)nc(NC2CCC(F)(F)CC2)c1OC.Cc1csc(-c2nc(NC3CCC(F)(F)CC3)c(O)c(=O)[nH]2)n1. The number of nitrogens with one attached hydrogen (secondary N) is 7. The van der Waals surface area contributed by atoms with Gasteiger partial charge in [0, 0.05) is 140 Å². The zero-order chi connectivity index (χ0) is 79.4. The molecular formula is C66H82BrCl2F8N17O11S4. The first-order valence-corrected chi connectivity index (χ1v) is 37.8. The molecule has 4 saturated carbocycles.